The number of methoxy groups -OCH3 is 1. The van der Waals surface area contributed by atoms with Gasteiger partial charge in [0.1, 0.15) is 5.75 Å². The average Bonchev–Trinajstić information content (AvgIpc) is 2.91. The largest absolute Gasteiger partial charge is 0.497 e. The number of hydrogen-bond acceptors (Lipinski definition) is 5. The van der Waals surface area contributed by atoms with E-state index in [4.69, 9.17) is 9.47 Å². The topological polar surface area (TPSA) is 76.1 Å². The fourth-order valence-electron chi connectivity index (χ4n) is 3.96. The molecule has 0 aliphatic rings. The first-order valence-electron chi connectivity index (χ1n) is 11.2. The van der Waals surface area contributed by atoms with E-state index in [1.54, 1.807) is 74.8 Å². The summed E-state index contributed by atoms with van der Waals surface area (Å²) in [4.78, 5) is 27.3. The van der Waals surface area contributed by atoms with Crippen LogP contribution in [0, 0.1) is 0 Å². The van der Waals surface area contributed by atoms with Crippen LogP contribution in [0.15, 0.2) is 97.1 Å². The lowest BCUT2D eigenvalue weighted by Crippen LogP contribution is -2.40. The Morgan fingerprint density at radius 3 is 2.00 bits per heavy atom. The second-order valence-electron chi connectivity index (χ2n) is 8.32. The van der Waals surface area contributed by atoms with Gasteiger partial charge in [-0.2, -0.15) is 0 Å². The summed E-state index contributed by atoms with van der Waals surface area (Å²) in [6.45, 7) is -0.137. The molecule has 0 radical (unpaired) electrons. The molecule has 4 aromatic carbocycles. The molecule has 35 heavy (non-hydrogen) atoms. The van der Waals surface area contributed by atoms with Crippen LogP contribution in [0.2, 0.25) is 0 Å². The Bertz CT molecular complexity index is 1280. The minimum absolute atomic E-state index is 0.347. The first-order valence-corrected chi connectivity index (χ1v) is 11.2. The maximum atomic E-state index is 13.1. The normalized spacial score (nSPS) is 11.2. The van der Waals surface area contributed by atoms with Crippen LogP contribution in [0.5, 0.6) is 5.75 Å². The second kappa shape index (κ2) is 10.4. The number of carbonyl (C=O) groups excluding carboxylic acids is 2. The molecule has 0 saturated carbocycles. The van der Waals surface area contributed by atoms with Gasteiger partial charge in [-0.25, -0.2) is 4.79 Å². The number of rotatable bonds is 8. The highest BCUT2D eigenvalue weighted by Gasteiger charge is 2.41. The molecule has 0 saturated heterocycles. The predicted octanol–water partition coefficient (Wildman–Crippen LogP) is 4.29. The van der Waals surface area contributed by atoms with Crippen LogP contribution in [0.25, 0.3) is 10.8 Å². The van der Waals surface area contributed by atoms with E-state index >= 15 is 0 Å². The molecule has 0 spiro atoms. The van der Waals surface area contributed by atoms with Crippen LogP contribution in [-0.2, 0) is 26.5 Å². The number of esters is 1. The number of likely N-dealkylation sites (N-methyl/N-ethyl adjacent to an activating group) is 1. The summed E-state index contributed by atoms with van der Waals surface area (Å²) in [6, 6.07) is 28.9. The van der Waals surface area contributed by atoms with Crippen LogP contribution in [-0.4, -0.2) is 42.6 Å². The van der Waals surface area contributed by atoms with Crippen LogP contribution in [0.4, 0.5) is 0 Å². The molecule has 1 N–H and O–H groups in total. The van der Waals surface area contributed by atoms with Gasteiger partial charge < -0.3 is 19.5 Å². The van der Waals surface area contributed by atoms with E-state index < -0.39 is 18.2 Å². The summed E-state index contributed by atoms with van der Waals surface area (Å²) >= 11 is 0. The van der Waals surface area contributed by atoms with Gasteiger partial charge in [-0.3, -0.25) is 4.79 Å². The third kappa shape index (κ3) is 5.18. The van der Waals surface area contributed by atoms with Crippen LogP contribution in [0.3, 0.4) is 0 Å². The smallest absolute Gasteiger partial charge is 0.348 e. The van der Waals surface area contributed by atoms with E-state index in [0.29, 0.717) is 17.7 Å². The molecule has 0 aliphatic carbocycles. The highest BCUT2D eigenvalue weighted by molar-refractivity contribution is 5.88. The number of hydrogen-bond donors (Lipinski definition) is 1. The number of aliphatic hydroxyl groups is 1. The summed E-state index contributed by atoms with van der Waals surface area (Å²) in [7, 11) is 3.28. The maximum Gasteiger partial charge on any atom is 0.348 e. The highest BCUT2D eigenvalue weighted by Crippen LogP contribution is 2.31. The van der Waals surface area contributed by atoms with E-state index in [0.717, 1.165) is 22.1 Å². The minimum atomic E-state index is -2.03. The Hall–Kier alpha value is -4.16. The van der Waals surface area contributed by atoms with Gasteiger partial charge in [-0.05, 0) is 45.7 Å². The summed E-state index contributed by atoms with van der Waals surface area (Å²) in [5, 5.41) is 13.5. The Morgan fingerprint density at radius 1 is 0.829 bits per heavy atom. The van der Waals surface area contributed by atoms with Gasteiger partial charge >= 0.3 is 5.97 Å². The number of benzene rings is 4. The fraction of sp³-hybridized carbons (Fsp3) is 0.172. The van der Waals surface area contributed by atoms with Gasteiger partial charge in [0.15, 0.2) is 6.61 Å². The summed E-state index contributed by atoms with van der Waals surface area (Å²) in [6.07, 6.45) is 0. The molecular formula is C29H27NO5. The van der Waals surface area contributed by atoms with Crippen molar-refractivity contribution in [3.8, 4) is 5.75 Å². The zero-order chi connectivity index (χ0) is 24.8. The van der Waals surface area contributed by atoms with Crippen molar-refractivity contribution in [2.24, 2.45) is 0 Å². The van der Waals surface area contributed by atoms with Crippen molar-refractivity contribution >= 4 is 22.6 Å². The Morgan fingerprint density at radius 2 is 1.40 bits per heavy atom. The number of fused-ring (bicyclic) bond motifs is 1. The molecule has 0 bridgehead atoms. The van der Waals surface area contributed by atoms with Gasteiger partial charge in [0, 0.05) is 13.6 Å². The van der Waals surface area contributed by atoms with Crippen LogP contribution < -0.4 is 4.74 Å². The van der Waals surface area contributed by atoms with E-state index in [2.05, 4.69) is 0 Å². The molecule has 0 unspecified atom stereocenters. The lowest BCUT2D eigenvalue weighted by atomic mass is 9.86. The van der Waals surface area contributed by atoms with Crippen molar-refractivity contribution in [3.63, 3.8) is 0 Å². The first kappa shape index (κ1) is 24.0. The molecule has 4 rings (SSSR count). The second-order valence-corrected chi connectivity index (χ2v) is 8.32. The van der Waals surface area contributed by atoms with Crippen molar-refractivity contribution in [1.82, 2.24) is 4.90 Å². The molecule has 6 heteroatoms. The molecular weight excluding hydrogens is 442 g/mol. The van der Waals surface area contributed by atoms with Crippen molar-refractivity contribution in [1.29, 1.82) is 0 Å². The van der Waals surface area contributed by atoms with Crippen molar-refractivity contribution in [2.75, 3.05) is 20.8 Å². The number of amides is 1. The van der Waals surface area contributed by atoms with E-state index in [1.807, 2.05) is 36.4 Å². The molecule has 0 aliphatic heterocycles. The molecule has 6 nitrogen and oxygen atoms in total. The van der Waals surface area contributed by atoms with Gasteiger partial charge in [0.05, 0.1) is 7.11 Å². The lowest BCUT2D eigenvalue weighted by molar-refractivity contribution is -0.166. The lowest BCUT2D eigenvalue weighted by Gasteiger charge is -2.27. The fourth-order valence-corrected chi connectivity index (χ4v) is 3.96. The van der Waals surface area contributed by atoms with Gasteiger partial charge in [0.25, 0.3) is 5.91 Å². The Kier molecular flexibility index (Phi) is 7.13. The van der Waals surface area contributed by atoms with Gasteiger partial charge in [-0.15, -0.1) is 0 Å². The molecule has 0 heterocycles. The maximum absolute atomic E-state index is 13.1. The number of carbonyl (C=O) groups is 2. The summed E-state index contributed by atoms with van der Waals surface area (Å²) in [5.74, 6) is -0.502. The van der Waals surface area contributed by atoms with Gasteiger partial charge in [0.2, 0.25) is 5.60 Å². The van der Waals surface area contributed by atoms with E-state index in [1.165, 1.54) is 4.90 Å². The third-order valence-electron chi connectivity index (χ3n) is 5.96. The quantitative estimate of drug-likeness (QED) is 0.390. The summed E-state index contributed by atoms with van der Waals surface area (Å²) in [5.41, 5.74) is -0.356. The average molecular weight is 470 g/mol. The van der Waals surface area contributed by atoms with Crippen molar-refractivity contribution in [2.45, 2.75) is 12.1 Å². The standard InChI is InChI=1S/C29H27NO5/c1-30(19-21-13-14-23-18-26(34-2)16-15-22(23)17-21)27(31)20-35-28(32)29(33,24-9-5-3-6-10-24)25-11-7-4-8-12-25/h3-18,33H,19-20H2,1-2H3. The number of nitrogens with zero attached hydrogens (tertiary/aromatic N) is 1. The van der Waals surface area contributed by atoms with Gasteiger partial charge in [-0.1, -0.05) is 78.9 Å². The molecule has 4 aromatic rings. The molecule has 1 amide bonds. The third-order valence-corrected chi connectivity index (χ3v) is 5.96. The Balaban J connectivity index is 1.44. The molecule has 178 valence electrons. The zero-order valence-corrected chi connectivity index (χ0v) is 19.7. The Labute approximate surface area is 204 Å². The monoisotopic (exact) mass is 469 g/mol. The predicted molar refractivity (Wildman–Crippen MR) is 134 cm³/mol. The van der Waals surface area contributed by atoms with Crippen LogP contribution >= 0.6 is 0 Å². The molecule has 0 fully saturated rings. The van der Waals surface area contributed by atoms with E-state index in [9.17, 15) is 14.7 Å². The zero-order valence-electron chi connectivity index (χ0n) is 19.7. The molecule has 0 aromatic heterocycles. The van der Waals surface area contributed by atoms with Crippen molar-refractivity contribution in [3.05, 3.63) is 114 Å². The minimum Gasteiger partial charge on any atom is -0.497 e. The SMILES string of the molecule is COc1ccc2cc(CN(C)C(=O)COC(=O)C(O)(c3ccccc3)c3ccccc3)ccc2c1. The highest BCUT2D eigenvalue weighted by atomic mass is 16.6. The van der Waals surface area contributed by atoms with Crippen molar-refractivity contribution < 1.29 is 24.2 Å². The molecule has 0 atom stereocenters. The van der Waals surface area contributed by atoms with E-state index in [-0.39, 0.29) is 5.91 Å². The van der Waals surface area contributed by atoms with Crippen LogP contribution in [0.1, 0.15) is 16.7 Å². The number of ether oxygens (including phenoxy) is 2. The first-order chi connectivity index (χ1) is 16.9. The summed E-state index contributed by atoms with van der Waals surface area (Å²) < 4.78 is 10.6.